The first kappa shape index (κ1) is 13.9. The van der Waals surface area contributed by atoms with Crippen LogP contribution in [0.3, 0.4) is 0 Å². The Balaban J connectivity index is 2.67. The van der Waals surface area contributed by atoms with Crippen molar-refractivity contribution in [3.63, 3.8) is 0 Å². The van der Waals surface area contributed by atoms with Gasteiger partial charge in [-0.2, -0.15) is 0 Å². The van der Waals surface area contributed by atoms with Crippen molar-refractivity contribution in [3.8, 4) is 0 Å². The summed E-state index contributed by atoms with van der Waals surface area (Å²) in [5.74, 6) is 0.170. The molecule has 0 radical (unpaired) electrons. The minimum absolute atomic E-state index is 0.0995. The minimum Gasteiger partial charge on any atom is -0.383 e. The number of nitrogens with zero attached hydrogens (tertiary/aromatic N) is 1. The van der Waals surface area contributed by atoms with Crippen LogP contribution < -0.4 is 0 Å². The highest BCUT2D eigenvalue weighted by atomic mass is 16.5. The predicted molar refractivity (Wildman–Crippen MR) is 69.4 cm³/mol. The van der Waals surface area contributed by atoms with E-state index in [1.165, 1.54) is 0 Å². The van der Waals surface area contributed by atoms with Crippen LogP contribution in [0, 0.1) is 0 Å². The zero-order chi connectivity index (χ0) is 12.7. The van der Waals surface area contributed by atoms with E-state index in [1.54, 1.807) is 7.11 Å². The van der Waals surface area contributed by atoms with E-state index in [0.717, 1.165) is 18.7 Å². The van der Waals surface area contributed by atoms with Crippen LogP contribution in [0.25, 0.3) is 0 Å². The second kappa shape index (κ2) is 7.20. The maximum atomic E-state index is 12.2. The summed E-state index contributed by atoms with van der Waals surface area (Å²) in [5.41, 5.74) is 0.774. The van der Waals surface area contributed by atoms with Gasteiger partial charge in [0.2, 0.25) is 0 Å². The molecular formula is C14H21NO2. The molecule has 0 aliphatic rings. The Bertz CT molecular complexity index is 337. The van der Waals surface area contributed by atoms with Gasteiger partial charge in [-0.05, 0) is 13.5 Å². The van der Waals surface area contributed by atoms with Gasteiger partial charge in [0.15, 0.2) is 5.78 Å². The molecule has 1 unspecified atom stereocenters. The summed E-state index contributed by atoms with van der Waals surface area (Å²) in [4.78, 5) is 14.3. The van der Waals surface area contributed by atoms with E-state index in [1.807, 2.05) is 37.3 Å². The Hall–Kier alpha value is -1.19. The summed E-state index contributed by atoms with van der Waals surface area (Å²) >= 11 is 0. The summed E-state index contributed by atoms with van der Waals surface area (Å²) in [6.07, 6.45) is 0. The van der Waals surface area contributed by atoms with Crippen molar-refractivity contribution in [1.29, 1.82) is 0 Å². The van der Waals surface area contributed by atoms with Crippen LogP contribution in [-0.2, 0) is 4.74 Å². The molecule has 1 aromatic carbocycles. The Morgan fingerprint density at radius 2 is 2.00 bits per heavy atom. The number of likely N-dealkylation sites (N-methyl/N-ethyl adjacent to an activating group) is 1. The van der Waals surface area contributed by atoms with Crippen molar-refractivity contribution in [1.82, 2.24) is 4.90 Å². The van der Waals surface area contributed by atoms with Gasteiger partial charge in [-0.3, -0.25) is 9.69 Å². The van der Waals surface area contributed by atoms with Gasteiger partial charge in [0.25, 0.3) is 0 Å². The lowest BCUT2D eigenvalue weighted by molar-refractivity contribution is 0.0788. The molecule has 0 bridgehead atoms. The van der Waals surface area contributed by atoms with Crippen molar-refractivity contribution in [2.75, 3.05) is 26.8 Å². The Kier molecular flexibility index (Phi) is 5.87. The van der Waals surface area contributed by atoms with Gasteiger partial charge >= 0.3 is 0 Å². The third-order valence-corrected chi connectivity index (χ3v) is 2.97. The lowest BCUT2D eigenvalue weighted by Gasteiger charge is -2.26. The van der Waals surface area contributed by atoms with Gasteiger partial charge in [0, 0.05) is 19.2 Å². The first-order chi connectivity index (χ1) is 8.20. The molecule has 3 heteroatoms. The van der Waals surface area contributed by atoms with E-state index in [4.69, 9.17) is 4.74 Å². The fourth-order valence-corrected chi connectivity index (χ4v) is 1.84. The SMILES string of the molecule is CCN(CCOC)C(C)C(=O)c1ccccc1. The largest absolute Gasteiger partial charge is 0.383 e. The number of ether oxygens (including phenoxy) is 1. The first-order valence-corrected chi connectivity index (χ1v) is 6.03. The van der Waals surface area contributed by atoms with Crippen LogP contribution in [0.1, 0.15) is 24.2 Å². The number of carbonyl (C=O) groups is 1. The Morgan fingerprint density at radius 1 is 1.35 bits per heavy atom. The number of benzene rings is 1. The number of hydrogen-bond donors (Lipinski definition) is 0. The standard InChI is InChI=1S/C14H21NO2/c1-4-15(10-11-17-3)12(2)14(16)13-8-6-5-7-9-13/h5-9,12H,4,10-11H2,1-3H3. The highest BCUT2D eigenvalue weighted by molar-refractivity contribution is 5.99. The Morgan fingerprint density at radius 3 is 2.53 bits per heavy atom. The summed E-state index contributed by atoms with van der Waals surface area (Å²) < 4.78 is 5.06. The molecule has 0 heterocycles. The number of hydrogen-bond acceptors (Lipinski definition) is 3. The summed E-state index contributed by atoms with van der Waals surface area (Å²) in [6, 6.07) is 9.34. The summed E-state index contributed by atoms with van der Waals surface area (Å²) in [6.45, 7) is 6.30. The van der Waals surface area contributed by atoms with Crippen molar-refractivity contribution in [2.45, 2.75) is 19.9 Å². The third kappa shape index (κ3) is 3.95. The first-order valence-electron chi connectivity index (χ1n) is 6.03. The van der Waals surface area contributed by atoms with E-state index in [2.05, 4.69) is 11.8 Å². The fraction of sp³-hybridized carbons (Fsp3) is 0.500. The van der Waals surface area contributed by atoms with Crippen molar-refractivity contribution in [3.05, 3.63) is 35.9 Å². The fourth-order valence-electron chi connectivity index (χ4n) is 1.84. The van der Waals surface area contributed by atoms with Gasteiger partial charge < -0.3 is 4.74 Å². The number of methoxy groups -OCH3 is 1. The van der Waals surface area contributed by atoms with Crippen LogP contribution >= 0.6 is 0 Å². The van der Waals surface area contributed by atoms with E-state index < -0.39 is 0 Å². The summed E-state index contributed by atoms with van der Waals surface area (Å²) in [7, 11) is 1.68. The van der Waals surface area contributed by atoms with Gasteiger partial charge in [-0.25, -0.2) is 0 Å². The lowest BCUT2D eigenvalue weighted by Crippen LogP contribution is -2.40. The minimum atomic E-state index is -0.0995. The van der Waals surface area contributed by atoms with E-state index in [9.17, 15) is 4.79 Å². The lowest BCUT2D eigenvalue weighted by atomic mass is 10.0. The second-order valence-corrected chi connectivity index (χ2v) is 4.03. The average molecular weight is 235 g/mol. The van der Waals surface area contributed by atoms with Crippen LogP contribution in [0.5, 0.6) is 0 Å². The molecule has 0 amide bonds. The van der Waals surface area contributed by atoms with Crippen molar-refractivity contribution < 1.29 is 9.53 Å². The van der Waals surface area contributed by atoms with Gasteiger partial charge in [0.05, 0.1) is 12.6 Å². The average Bonchev–Trinajstić information content (AvgIpc) is 2.39. The van der Waals surface area contributed by atoms with Gasteiger partial charge in [0.1, 0.15) is 0 Å². The van der Waals surface area contributed by atoms with Crippen LogP contribution in [0.4, 0.5) is 0 Å². The predicted octanol–water partition coefficient (Wildman–Crippen LogP) is 2.23. The molecule has 0 spiro atoms. The van der Waals surface area contributed by atoms with Crippen molar-refractivity contribution >= 4 is 5.78 Å². The highest BCUT2D eigenvalue weighted by Crippen LogP contribution is 2.08. The zero-order valence-corrected chi connectivity index (χ0v) is 10.8. The highest BCUT2D eigenvalue weighted by Gasteiger charge is 2.20. The molecular weight excluding hydrogens is 214 g/mol. The molecule has 1 aromatic rings. The van der Waals surface area contributed by atoms with E-state index in [0.29, 0.717) is 6.61 Å². The van der Waals surface area contributed by atoms with Crippen LogP contribution in [-0.4, -0.2) is 43.5 Å². The normalized spacial score (nSPS) is 12.7. The van der Waals surface area contributed by atoms with E-state index >= 15 is 0 Å². The molecule has 0 saturated heterocycles. The summed E-state index contributed by atoms with van der Waals surface area (Å²) in [5, 5.41) is 0. The van der Waals surface area contributed by atoms with E-state index in [-0.39, 0.29) is 11.8 Å². The number of carbonyl (C=O) groups excluding carboxylic acids is 1. The topological polar surface area (TPSA) is 29.5 Å². The molecule has 3 nitrogen and oxygen atoms in total. The number of rotatable bonds is 7. The molecule has 0 fully saturated rings. The molecule has 0 saturated carbocycles. The molecule has 1 atom stereocenters. The monoisotopic (exact) mass is 235 g/mol. The Labute approximate surface area is 103 Å². The van der Waals surface area contributed by atoms with Crippen molar-refractivity contribution in [2.24, 2.45) is 0 Å². The molecule has 94 valence electrons. The molecule has 0 aliphatic heterocycles. The smallest absolute Gasteiger partial charge is 0.179 e. The van der Waals surface area contributed by atoms with Gasteiger partial charge in [-0.15, -0.1) is 0 Å². The molecule has 17 heavy (non-hydrogen) atoms. The number of ketones is 1. The molecule has 0 aromatic heterocycles. The molecule has 0 N–H and O–H groups in total. The molecule has 1 rings (SSSR count). The zero-order valence-electron chi connectivity index (χ0n) is 10.8. The third-order valence-electron chi connectivity index (χ3n) is 2.97. The maximum Gasteiger partial charge on any atom is 0.179 e. The molecule has 0 aliphatic carbocycles. The second-order valence-electron chi connectivity index (χ2n) is 4.03. The maximum absolute atomic E-state index is 12.2. The number of Topliss-reactive ketones (excluding diaryl/α,β-unsaturated/α-hetero) is 1. The van der Waals surface area contributed by atoms with Gasteiger partial charge in [-0.1, -0.05) is 37.3 Å². The van der Waals surface area contributed by atoms with Crippen LogP contribution in [0.2, 0.25) is 0 Å². The van der Waals surface area contributed by atoms with Crippen LogP contribution in [0.15, 0.2) is 30.3 Å². The quantitative estimate of drug-likeness (QED) is 0.679.